The minimum absolute atomic E-state index is 0.0822. The standard InChI is InChI=1S/C18H25NO3/c1-17(2,3)15-19-11-7-10-18(19,16(20)22-15)13-21-12-14-8-5-4-6-9-14/h4-6,8-9,15H,7,10-13H2,1-3H3/t15-,18-/m1/s1. The van der Waals surface area contributed by atoms with Crippen molar-refractivity contribution in [2.75, 3.05) is 13.2 Å². The van der Waals surface area contributed by atoms with Gasteiger partial charge in [0.1, 0.15) is 5.54 Å². The van der Waals surface area contributed by atoms with E-state index in [2.05, 4.69) is 25.7 Å². The second kappa shape index (κ2) is 5.67. The summed E-state index contributed by atoms with van der Waals surface area (Å²) >= 11 is 0. The minimum atomic E-state index is -0.577. The Balaban J connectivity index is 1.70. The van der Waals surface area contributed by atoms with Gasteiger partial charge in [-0.3, -0.25) is 0 Å². The van der Waals surface area contributed by atoms with E-state index in [9.17, 15) is 4.79 Å². The molecule has 0 bridgehead atoms. The average Bonchev–Trinajstić information content (AvgIpc) is 2.99. The fourth-order valence-corrected chi connectivity index (χ4v) is 3.51. The van der Waals surface area contributed by atoms with Gasteiger partial charge in [-0.25, -0.2) is 9.69 Å². The number of fused-ring (bicyclic) bond motifs is 1. The zero-order valence-corrected chi connectivity index (χ0v) is 13.7. The predicted octanol–water partition coefficient (Wildman–Crippen LogP) is 2.97. The van der Waals surface area contributed by atoms with Crippen molar-refractivity contribution in [3.63, 3.8) is 0 Å². The second-order valence-electron chi connectivity index (χ2n) is 7.43. The number of esters is 1. The SMILES string of the molecule is CC(C)(C)[C@H]1OC(=O)[C@]2(COCc3ccccc3)CCCN12. The number of cyclic esters (lactones) is 1. The molecule has 3 rings (SSSR count). The quantitative estimate of drug-likeness (QED) is 0.802. The van der Waals surface area contributed by atoms with E-state index in [0.717, 1.165) is 24.9 Å². The Morgan fingerprint density at radius 2 is 2.05 bits per heavy atom. The van der Waals surface area contributed by atoms with Gasteiger partial charge in [0.15, 0.2) is 6.23 Å². The lowest BCUT2D eigenvalue weighted by atomic mass is 9.92. The van der Waals surface area contributed by atoms with Gasteiger partial charge in [0.2, 0.25) is 0 Å². The maximum atomic E-state index is 12.5. The van der Waals surface area contributed by atoms with Crippen LogP contribution in [0, 0.1) is 5.41 Å². The molecule has 0 unspecified atom stereocenters. The summed E-state index contributed by atoms with van der Waals surface area (Å²) in [5, 5.41) is 0. The zero-order valence-electron chi connectivity index (χ0n) is 13.7. The van der Waals surface area contributed by atoms with Gasteiger partial charge in [0.25, 0.3) is 0 Å². The number of rotatable bonds is 4. The molecule has 2 aliphatic heterocycles. The third kappa shape index (κ3) is 2.66. The van der Waals surface area contributed by atoms with Crippen LogP contribution in [0.4, 0.5) is 0 Å². The highest BCUT2D eigenvalue weighted by molar-refractivity contribution is 5.83. The van der Waals surface area contributed by atoms with Crippen LogP contribution in [0.2, 0.25) is 0 Å². The van der Waals surface area contributed by atoms with Crippen LogP contribution in [-0.2, 0) is 20.9 Å². The molecule has 22 heavy (non-hydrogen) atoms. The van der Waals surface area contributed by atoms with Gasteiger partial charge in [-0.05, 0) is 18.4 Å². The van der Waals surface area contributed by atoms with Crippen molar-refractivity contribution < 1.29 is 14.3 Å². The van der Waals surface area contributed by atoms with Crippen LogP contribution in [0.1, 0.15) is 39.2 Å². The fourth-order valence-electron chi connectivity index (χ4n) is 3.51. The molecular formula is C18H25NO3. The predicted molar refractivity (Wildman–Crippen MR) is 84.1 cm³/mol. The molecule has 4 nitrogen and oxygen atoms in total. The highest BCUT2D eigenvalue weighted by atomic mass is 16.6. The third-order valence-electron chi connectivity index (χ3n) is 4.61. The van der Waals surface area contributed by atoms with Crippen molar-refractivity contribution in [2.45, 2.75) is 52.0 Å². The zero-order chi connectivity index (χ0) is 15.8. The number of ether oxygens (including phenoxy) is 2. The van der Waals surface area contributed by atoms with Gasteiger partial charge in [-0.15, -0.1) is 0 Å². The maximum Gasteiger partial charge on any atom is 0.330 e. The lowest BCUT2D eigenvalue weighted by Gasteiger charge is -2.35. The third-order valence-corrected chi connectivity index (χ3v) is 4.61. The first kappa shape index (κ1) is 15.5. The molecule has 0 aliphatic carbocycles. The minimum Gasteiger partial charge on any atom is -0.444 e. The molecule has 1 aromatic carbocycles. The van der Waals surface area contributed by atoms with E-state index in [1.165, 1.54) is 0 Å². The molecular weight excluding hydrogens is 278 g/mol. The van der Waals surface area contributed by atoms with E-state index in [0.29, 0.717) is 13.2 Å². The summed E-state index contributed by atoms with van der Waals surface area (Å²) in [4.78, 5) is 14.8. The summed E-state index contributed by atoms with van der Waals surface area (Å²) in [6.45, 7) is 8.19. The summed E-state index contributed by atoms with van der Waals surface area (Å²) < 4.78 is 11.6. The van der Waals surface area contributed by atoms with E-state index in [4.69, 9.17) is 9.47 Å². The van der Waals surface area contributed by atoms with Gasteiger partial charge in [-0.1, -0.05) is 51.1 Å². The molecule has 0 aromatic heterocycles. The molecule has 2 saturated heterocycles. The first-order valence-corrected chi connectivity index (χ1v) is 8.03. The van der Waals surface area contributed by atoms with E-state index in [1.807, 2.05) is 30.3 Å². The highest BCUT2D eigenvalue weighted by Gasteiger charge is 2.60. The van der Waals surface area contributed by atoms with Gasteiger partial charge in [0, 0.05) is 12.0 Å². The maximum absolute atomic E-state index is 12.5. The first-order valence-electron chi connectivity index (χ1n) is 8.03. The number of benzene rings is 1. The molecule has 0 amide bonds. The van der Waals surface area contributed by atoms with Crippen LogP contribution in [-0.4, -0.2) is 35.8 Å². The van der Waals surface area contributed by atoms with Crippen LogP contribution >= 0.6 is 0 Å². The molecule has 1 aromatic rings. The van der Waals surface area contributed by atoms with Gasteiger partial charge in [-0.2, -0.15) is 0 Å². The normalized spacial score (nSPS) is 28.7. The van der Waals surface area contributed by atoms with Crippen LogP contribution in [0.25, 0.3) is 0 Å². The largest absolute Gasteiger partial charge is 0.444 e. The van der Waals surface area contributed by atoms with Crippen molar-refractivity contribution in [3.8, 4) is 0 Å². The van der Waals surface area contributed by atoms with E-state index < -0.39 is 5.54 Å². The Kier molecular flexibility index (Phi) is 4.00. The number of carbonyl (C=O) groups is 1. The molecule has 2 atom stereocenters. The number of carbonyl (C=O) groups excluding carboxylic acids is 1. The van der Waals surface area contributed by atoms with Crippen LogP contribution in [0.15, 0.2) is 30.3 Å². The van der Waals surface area contributed by atoms with E-state index in [1.54, 1.807) is 0 Å². The van der Waals surface area contributed by atoms with E-state index >= 15 is 0 Å². The summed E-state index contributed by atoms with van der Waals surface area (Å²) in [5.74, 6) is -0.113. The van der Waals surface area contributed by atoms with Crippen molar-refractivity contribution in [1.82, 2.24) is 4.90 Å². The van der Waals surface area contributed by atoms with Gasteiger partial charge in [0.05, 0.1) is 13.2 Å². The Morgan fingerprint density at radius 3 is 2.73 bits per heavy atom. The molecule has 2 fully saturated rings. The van der Waals surface area contributed by atoms with Gasteiger partial charge >= 0.3 is 5.97 Å². The molecule has 2 aliphatic rings. The van der Waals surface area contributed by atoms with Crippen molar-refractivity contribution >= 4 is 5.97 Å². The van der Waals surface area contributed by atoms with Crippen molar-refractivity contribution in [1.29, 1.82) is 0 Å². The number of hydrogen-bond donors (Lipinski definition) is 0. The topological polar surface area (TPSA) is 38.8 Å². The monoisotopic (exact) mass is 303 g/mol. The first-order chi connectivity index (χ1) is 10.4. The van der Waals surface area contributed by atoms with Crippen LogP contribution in [0.3, 0.4) is 0 Å². The Hall–Kier alpha value is -1.39. The van der Waals surface area contributed by atoms with Gasteiger partial charge < -0.3 is 9.47 Å². The molecule has 4 heteroatoms. The molecule has 0 N–H and O–H groups in total. The lowest BCUT2D eigenvalue weighted by Crippen LogP contribution is -2.51. The Labute approximate surface area is 132 Å². The molecule has 0 saturated carbocycles. The molecule has 120 valence electrons. The molecule has 0 radical (unpaired) electrons. The molecule has 0 spiro atoms. The fraction of sp³-hybridized carbons (Fsp3) is 0.611. The summed E-state index contributed by atoms with van der Waals surface area (Å²) in [6.07, 6.45) is 1.70. The Bertz CT molecular complexity index is 537. The number of hydrogen-bond acceptors (Lipinski definition) is 4. The summed E-state index contributed by atoms with van der Waals surface area (Å²) in [7, 11) is 0. The smallest absolute Gasteiger partial charge is 0.330 e. The van der Waals surface area contributed by atoms with Crippen LogP contribution < -0.4 is 0 Å². The Morgan fingerprint density at radius 1 is 1.32 bits per heavy atom. The second-order valence-corrected chi connectivity index (χ2v) is 7.43. The van der Waals surface area contributed by atoms with Crippen molar-refractivity contribution in [2.24, 2.45) is 5.41 Å². The van der Waals surface area contributed by atoms with Crippen LogP contribution in [0.5, 0.6) is 0 Å². The number of nitrogens with zero attached hydrogens (tertiary/aromatic N) is 1. The van der Waals surface area contributed by atoms with E-state index in [-0.39, 0.29) is 17.6 Å². The summed E-state index contributed by atoms with van der Waals surface area (Å²) in [5.41, 5.74) is 0.468. The highest BCUT2D eigenvalue weighted by Crippen LogP contribution is 2.44. The molecule has 2 heterocycles. The van der Waals surface area contributed by atoms with Crippen molar-refractivity contribution in [3.05, 3.63) is 35.9 Å². The summed E-state index contributed by atoms with van der Waals surface area (Å²) in [6, 6.07) is 10.1. The lowest BCUT2D eigenvalue weighted by molar-refractivity contribution is -0.150. The average molecular weight is 303 g/mol.